The first-order valence-electron chi connectivity index (χ1n) is 5.44. The van der Waals surface area contributed by atoms with E-state index in [-0.39, 0.29) is 11.5 Å². The molecular formula is C12H19NO2. The van der Waals surface area contributed by atoms with Gasteiger partial charge in [-0.15, -0.1) is 0 Å². The van der Waals surface area contributed by atoms with Crippen LogP contribution in [0.15, 0.2) is 12.1 Å². The fourth-order valence-electron chi connectivity index (χ4n) is 1.76. The van der Waals surface area contributed by atoms with Gasteiger partial charge in [-0.2, -0.15) is 0 Å². The normalized spacial score (nSPS) is 18.7. The van der Waals surface area contributed by atoms with Gasteiger partial charge in [0.1, 0.15) is 11.5 Å². The Kier molecular flexibility index (Phi) is 3.97. The summed E-state index contributed by atoms with van der Waals surface area (Å²) in [4.78, 5) is 0. The topological polar surface area (TPSA) is 52.5 Å². The molecule has 0 aliphatic carbocycles. The second-order valence-electron chi connectivity index (χ2n) is 3.59. The predicted octanol–water partition coefficient (Wildman–Crippen LogP) is 2.16. The van der Waals surface area contributed by atoms with Gasteiger partial charge in [0.2, 0.25) is 0 Å². The molecule has 0 spiro atoms. The summed E-state index contributed by atoms with van der Waals surface area (Å²) < 4.78 is 0. The predicted molar refractivity (Wildman–Crippen MR) is 61.1 cm³/mol. The first kappa shape index (κ1) is 11.9. The van der Waals surface area contributed by atoms with Crippen molar-refractivity contribution < 1.29 is 10.2 Å². The van der Waals surface area contributed by atoms with Crippen molar-refractivity contribution in [1.29, 1.82) is 0 Å². The van der Waals surface area contributed by atoms with E-state index in [1.165, 1.54) is 6.07 Å². The second-order valence-corrected chi connectivity index (χ2v) is 3.59. The van der Waals surface area contributed by atoms with Crippen molar-refractivity contribution in [2.75, 3.05) is 0 Å². The maximum absolute atomic E-state index is 9.52. The van der Waals surface area contributed by atoms with E-state index in [1.54, 1.807) is 6.07 Å². The maximum atomic E-state index is 9.52. The Morgan fingerprint density at radius 3 is 2.60 bits per heavy atom. The summed E-state index contributed by atoms with van der Waals surface area (Å²) in [5.41, 5.74) is 1.96. The summed E-state index contributed by atoms with van der Waals surface area (Å²) in [6.07, 6.45) is 0.858. The fraction of sp³-hybridized carbons (Fsp3) is 0.500. The minimum absolute atomic E-state index is 0.144. The van der Waals surface area contributed by atoms with Crippen LogP contribution in [0.2, 0.25) is 0 Å². The highest BCUT2D eigenvalue weighted by atomic mass is 16.3. The van der Waals surface area contributed by atoms with E-state index in [9.17, 15) is 10.2 Å². The number of nitrogens with one attached hydrogen (secondary N) is 1. The Labute approximate surface area is 90.8 Å². The lowest BCUT2D eigenvalue weighted by molar-refractivity contribution is 0.428. The lowest BCUT2D eigenvalue weighted by atomic mass is 9.95. The number of fused-ring (bicyclic) bond motifs is 1. The molecule has 0 fully saturated rings. The van der Waals surface area contributed by atoms with Gasteiger partial charge in [-0.3, -0.25) is 0 Å². The number of benzene rings is 1. The molecule has 1 unspecified atom stereocenters. The Morgan fingerprint density at radius 2 is 1.93 bits per heavy atom. The largest absolute Gasteiger partial charge is 0.508 e. The zero-order valence-corrected chi connectivity index (χ0v) is 9.54. The third-order valence-corrected chi connectivity index (χ3v) is 2.46. The summed E-state index contributed by atoms with van der Waals surface area (Å²) in [5.74, 6) is 0.333. The smallest absolute Gasteiger partial charge is 0.124 e. The summed E-state index contributed by atoms with van der Waals surface area (Å²) in [6.45, 7) is 6.77. The molecule has 15 heavy (non-hydrogen) atoms. The SMILES string of the molecule is CC.CC1Cc2cc(O)cc(O)c2CN1. The molecule has 1 aliphatic rings. The van der Waals surface area contributed by atoms with Gasteiger partial charge in [0.05, 0.1) is 0 Å². The molecule has 3 nitrogen and oxygen atoms in total. The van der Waals surface area contributed by atoms with E-state index < -0.39 is 0 Å². The molecule has 0 amide bonds. The summed E-state index contributed by atoms with van der Waals surface area (Å²) in [6, 6.07) is 3.52. The number of hydrogen-bond acceptors (Lipinski definition) is 3. The molecule has 1 aliphatic heterocycles. The van der Waals surface area contributed by atoms with Crippen molar-refractivity contribution in [2.24, 2.45) is 0 Å². The van der Waals surface area contributed by atoms with Gasteiger partial charge >= 0.3 is 0 Å². The molecule has 0 bridgehead atoms. The fourth-order valence-corrected chi connectivity index (χ4v) is 1.76. The third-order valence-electron chi connectivity index (χ3n) is 2.46. The lowest BCUT2D eigenvalue weighted by Crippen LogP contribution is -2.32. The Hall–Kier alpha value is -1.22. The lowest BCUT2D eigenvalue weighted by Gasteiger charge is -2.23. The van der Waals surface area contributed by atoms with Gasteiger partial charge in [0.15, 0.2) is 0 Å². The van der Waals surface area contributed by atoms with Crippen LogP contribution in [0, 0.1) is 0 Å². The summed E-state index contributed by atoms with van der Waals surface area (Å²) >= 11 is 0. The molecule has 2 rings (SSSR count). The highest BCUT2D eigenvalue weighted by Gasteiger charge is 2.17. The molecule has 0 aromatic heterocycles. The van der Waals surface area contributed by atoms with Gasteiger partial charge in [0.25, 0.3) is 0 Å². The third kappa shape index (κ3) is 2.63. The summed E-state index contributed by atoms with van der Waals surface area (Å²) in [7, 11) is 0. The minimum Gasteiger partial charge on any atom is -0.508 e. The maximum Gasteiger partial charge on any atom is 0.124 e. The molecule has 0 radical (unpaired) electrons. The Balaban J connectivity index is 0.000000531. The number of phenolic OH excluding ortho intramolecular Hbond substituents is 2. The van der Waals surface area contributed by atoms with Crippen LogP contribution in [0.5, 0.6) is 11.5 Å². The van der Waals surface area contributed by atoms with Crippen LogP contribution >= 0.6 is 0 Å². The van der Waals surface area contributed by atoms with E-state index in [1.807, 2.05) is 13.8 Å². The highest BCUT2D eigenvalue weighted by molar-refractivity contribution is 5.46. The van der Waals surface area contributed by atoms with Crippen LogP contribution < -0.4 is 5.32 Å². The van der Waals surface area contributed by atoms with E-state index in [2.05, 4.69) is 12.2 Å². The van der Waals surface area contributed by atoms with E-state index in [4.69, 9.17) is 0 Å². The highest BCUT2D eigenvalue weighted by Crippen LogP contribution is 2.30. The van der Waals surface area contributed by atoms with Crippen molar-refractivity contribution in [3.8, 4) is 11.5 Å². The number of aromatic hydroxyl groups is 2. The van der Waals surface area contributed by atoms with Crippen LogP contribution in [0.1, 0.15) is 31.9 Å². The molecule has 3 N–H and O–H groups in total. The van der Waals surface area contributed by atoms with Gasteiger partial charge < -0.3 is 15.5 Å². The van der Waals surface area contributed by atoms with Gasteiger partial charge in [-0.25, -0.2) is 0 Å². The minimum atomic E-state index is 0.144. The van der Waals surface area contributed by atoms with Crippen LogP contribution in [0.25, 0.3) is 0 Å². The standard InChI is InChI=1S/C10H13NO2.C2H6/c1-6-2-7-3-8(12)4-10(13)9(7)5-11-6;1-2/h3-4,6,11-13H,2,5H2,1H3;1-2H3. The number of hydrogen-bond donors (Lipinski definition) is 3. The molecule has 1 aromatic carbocycles. The van der Waals surface area contributed by atoms with E-state index in [0.717, 1.165) is 17.5 Å². The first-order chi connectivity index (χ1) is 7.16. The van der Waals surface area contributed by atoms with E-state index in [0.29, 0.717) is 12.6 Å². The zero-order valence-electron chi connectivity index (χ0n) is 9.54. The number of phenols is 2. The molecule has 0 saturated heterocycles. The Bertz CT molecular complexity index is 337. The molecule has 3 heteroatoms. The van der Waals surface area contributed by atoms with Crippen molar-refractivity contribution in [1.82, 2.24) is 5.32 Å². The molecule has 1 heterocycles. The summed E-state index contributed by atoms with van der Waals surface area (Å²) in [5, 5.41) is 22.1. The van der Waals surface area contributed by atoms with Crippen LogP contribution in [-0.2, 0) is 13.0 Å². The number of rotatable bonds is 0. The first-order valence-corrected chi connectivity index (χ1v) is 5.44. The van der Waals surface area contributed by atoms with Crippen molar-refractivity contribution in [2.45, 2.75) is 39.8 Å². The van der Waals surface area contributed by atoms with E-state index >= 15 is 0 Å². The van der Waals surface area contributed by atoms with Crippen LogP contribution in [-0.4, -0.2) is 16.3 Å². The van der Waals surface area contributed by atoms with Crippen LogP contribution in [0.4, 0.5) is 0 Å². The Morgan fingerprint density at radius 1 is 1.27 bits per heavy atom. The molecular weight excluding hydrogens is 190 g/mol. The molecule has 0 saturated carbocycles. The molecule has 84 valence electrons. The van der Waals surface area contributed by atoms with Crippen molar-refractivity contribution in [3.05, 3.63) is 23.3 Å². The zero-order chi connectivity index (χ0) is 11.4. The van der Waals surface area contributed by atoms with Crippen molar-refractivity contribution in [3.63, 3.8) is 0 Å². The van der Waals surface area contributed by atoms with Gasteiger partial charge in [-0.05, 0) is 25.0 Å². The average Bonchev–Trinajstić information content (AvgIpc) is 2.19. The second kappa shape index (κ2) is 5.03. The quantitative estimate of drug-likeness (QED) is 0.613. The van der Waals surface area contributed by atoms with Crippen LogP contribution in [0.3, 0.4) is 0 Å². The monoisotopic (exact) mass is 209 g/mol. The van der Waals surface area contributed by atoms with Gasteiger partial charge in [0, 0.05) is 24.2 Å². The molecule has 1 aromatic rings. The average molecular weight is 209 g/mol. The van der Waals surface area contributed by atoms with Crippen molar-refractivity contribution >= 4 is 0 Å². The molecule has 1 atom stereocenters. The van der Waals surface area contributed by atoms with Gasteiger partial charge in [-0.1, -0.05) is 13.8 Å².